The lowest BCUT2D eigenvalue weighted by molar-refractivity contribution is 0.620. The molecule has 0 aliphatic heterocycles. The van der Waals surface area contributed by atoms with Crippen LogP contribution in [0, 0.1) is 26.6 Å². The van der Waals surface area contributed by atoms with Gasteiger partial charge in [-0.3, -0.25) is 0 Å². The van der Waals surface area contributed by atoms with Gasteiger partial charge in [-0.1, -0.05) is 29.3 Å². The molecular weight excluding hydrogens is 305 g/mol. The Bertz CT molecular complexity index is 588. The van der Waals surface area contributed by atoms with Gasteiger partial charge in [0.2, 0.25) is 0 Å². The Kier molecular flexibility index (Phi) is 4.25. The lowest BCUT2D eigenvalue weighted by Gasteiger charge is -2.12. The third-order valence-corrected chi connectivity index (χ3v) is 3.64. The third kappa shape index (κ3) is 3.57. The minimum atomic E-state index is -0.227. The molecule has 100 valence electrons. The highest BCUT2D eigenvalue weighted by Crippen LogP contribution is 2.24. The van der Waals surface area contributed by atoms with Crippen LogP contribution in [-0.4, -0.2) is 0 Å². The molecule has 1 nitrogen and oxygen atoms in total. The molecule has 0 bridgehead atoms. The van der Waals surface area contributed by atoms with Gasteiger partial charge in [-0.2, -0.15) is 0 Å². The molecule has 0 aliphatic carbocycles. The van der Waals surface area contributed by atoms with E-state index in [1.807, 2.05) is 6.92 Å². The van der Waals surface area contributed by atoms with E-state index in [9.17, 15) is 4.39 Å². The first kappa shape index (κ1) is 14.1. The van der Waals surface area contributed by atoms with Crippen molar-refractivity contribution in [3.8, 4) is 0 Å². The second kappa shape index (κ2) is 5.74. The first-order chi connectivity index (χ1) is 8.95. The van der Waals surface area contributed by atoms with E-state index < -0.39 is 0 Å². The molecule has 0 saturated carbocycles. The van der Waals surface area contributed by atoms with E-state index in [1.54, 1.807) is 6.07 Å². The molecule has 2 aromatic carbocycles. The number of nitrogens with one attached hydrogen (secondary N) is 1. The average molecular weight is 322 g/mol. The van der Waals surface area contributed by atoms with Crippen molar-refractivity contribution in [3.63, 3.8) is 0 Å². The number of hydrogen-bond donors (Lipinski definition) is 1. The molecule has 0 atom stereocenters. The van der Waals surface area contributed by atoms with Crippen molar-refractivity contribution in [3.05, 3.63) is 62.9 Å². The lowest BCUT2D eigenvalue weighted by Crippen LogP contribution is -2.02. The zero-order valence-corrected chi connectivity index (χ0v) is 12.9. The Morgan fingerprint density at radius 3 is 2.26 bits per heavy atom. The van der Waals surface area contributed by atoms with Crippen molar-refractivity contribution >= 4 is 21.6 Å². The van der Waals surface area contributed by atoms with Gasteiger partial charge in [-0.05, 0) is 60.0 Å². The van der Waals surface area contributed by atoms with Crippen molar-refractivity contribution in [2.45, 2.75) is 27.3 Å². The van der Waals surface area contributed by atoms with Crippen LogP contribution in [0.3, 0.4) is 0 Å². The Balaban J connectivity index is 2.16. The molecule has 0 aromatic heterocycles. The molecule has 1 N–H and O–H groups in total. The SMILES string of the molecule is Cc1cc(C)cc(CNc2cc(Br)c(F)cc2C)c1. The van der Waals surface area contributed by atoms with Crippen LogP contribution in [0.1, 0.15) is 22.3 Å². The molecule has 0 aliphatic rings. The maximum Gasteiger partial charge on any atom is 0.137 e. The molecule has 2 aromatic rings. The van der Waals surface area contributed by atoms with Crippen LogP contribution in [0.15, 0.2) is 34.8 Å². The second-order valence-electron chi connectivity index (χ2n) is 4.93. The first-order valence-corrected chi connectivity index (χ1v) is 7.01. The van der Waals surface area contributed by atoms with Crippen LogP contribution < -0.4 is 5.32 Å². The second-order valence-corrected chi connectivity index (χ2v) is 5.79. The van der Waals surface area contributed by atoms with Gasteiger partial charge < -0.3 is 5.32 Å². The largest absolute Gasteiger partial charge is 0.381 e. The molecular formula is C16H17BrFN. The monoisotopic (exact) mass is 321 g/mol. The Labute approximate surface area is 122 Å². The minimum absolute atomic E-state index is 0.227. The summed E-state index contributed by atoms with van der Waals surface area (Å²) in [6.45, 7) is 6.83. The van der Waals surface area contributed by atoms with Crippen LogP contribution in [0.5, 0.6) is 0 Å². The van der Waals surface area contributed by atoms with Crippen LogP contribution >= 0.6 is 15.9 Å². The molecule has 19 heavy (non-hydrogen) atoms. The number of hydrogen-bond acceptors (Lipinski definition) is 1. The van der Waals surface area contributed by atoms with Gasteiger partial charge in [0.25, 0.3) is 0 Å². The number of aryl methyl sites for hydroxylation is 3. The fourth-order valence-corrected chi connectivity index (χ4v) is 2.55. The van der Waals surface area contributed by atoms with Gasteiger partial charge in [0.1, 0.15) is 5.82 Å². The van der Waals surface area contributed by atoms with Gasteiger partial charge in [0.05, 0.1) is 4.47 Å². The molecule has 0 fully saturated rings. The van der Waals surface area contributed by atoms with Gasteiger partial charge in [0.15, 0.2) is 0 Å². The molecule has 3 heteroatoms. The molecule has 0 amide bonds. The summed E-state index contributed by atoms with van der Waals surface area (Å²) in [6, 6.07) is 9.80. The van der Waals surface area contributed by atoms with E-state index in [2.05, 4.69) is 53.3 Å². The fraction of sp³-hybridized carbons (Fsp3) is 0.250. The lowest BCUT2D eigenvalue weighted by atomic mass is 10.1. The Hall–Kier alpha value is -1.35. The van der Waals surface area contributed by atoms with E-state index in [-0.39, 0.29) is 5.82 Å². The molecule has 2 rings (SSSR count). The summed E-state index contributed by atoms with van der Waals surface area (Å²) in [4.78, 5) is 0. The highest BCUT2D eigenvalue weighted by atomic mass is 79.9. The first-order valence-electron chi connectivity index (χ1n) is 6.22. The van der Waals surface area contributed by atoms with Crippen LogP contribution in [-0.2, 0) is 6.54 Å². The van der Waals surface area contributed by atoms with E-state index >= 15 is 0 Å². The molecule has 0 spiro atoms. The van der Waals surface area contributed by atoms with Gasteiger partial charge in [0, 0.05) is 12.2 Å². The molecule has 0 unspecified atom stereocenters. The van der Waals surface area contributed by atoms with Gasteiger partial charge >= 0.3 is 0 Å². The number of halogens is 2. The molecule has 0 radical (unpaired) electrons. The quantitative estimate of drug-likeness (QED) is 0.826. The number of benzene rings is 2. The van der Waals surface area contributed by atoms with E-state index in [0.29, 0.717) is 4.47 Å². The van der Waals surface area contributed by atoms with E-state index in [0.717, 1.165) is 17.8 Å². The summed E-state index contributed by atoms with van der Waals surface area (Å²) in [6.07, 6.45) is 0. The average Bonchev–Trinajstić information content (AvgIpc) is 2.31. The zero-order valence-electron chi connectivity index (χ0n) is 11.3. The zero-order chi connectivity index (χ0) is 14.0. The summed E-state index contributed by atoms with van der Waals surface area (Å²) in [5.74, 6) is -0.227. The fourth-order valence-electron chi connectivity index (χ4n) is 2.21. The summed E-state index contributed by atoms with van der Waals surface area (Å²) in [7, 11) is 0. The van der Waals surface area contributed by atoms with Crippen LogP contribution in [0.2, 0.25) is 0 Å². The normalized spacial score (nSPS) is 10.6. The summed E-state index contributed by atoms with van der Waals surface area (Å²) < 4.78 is 13.8. The number of anilines is 1. The molecule has 0 heterocycles. The van der Waals surface area contributed by atoms with E-state index in [4.69, 9.17) is 0 Å². The minimum Gasteiger partial charge on any atom is -0.381 e. The highest BCUT2D eigenvalue weighted by Gasteiger charge is 2.05. The van der Waals surface area contributed by atoms with Crippen LogP contribution in [0.25, 0.3) is 0 Å². The number of rotatable bonds is 3. The Morgan fingerprint density at radius 2 is 1.63 bits per heavy atom. The predicted octanol–water partition coefficient (Wildman–Crippen LogP) is 5.13. The topological polar surface area (TPSA) is 12.0 Å². The van der Waals surface area contributed by atoms with Gasteiger partial charge in [-0.25, -0.2) is 4.39 Å². The van der Waals surface area contributed by atoms with Crippen molar-refractivity contribution in [1.82, 2.24) is 0 Å². The predicted molar refractivity (Wildman–Crippen MR) is 82.1 cm³/mol. The maximum atomic E-state index is 13.4. The van der Waals surface area contributed by atoms with Crippen molar-refractivity contribution in [2.24, 2.45) is 0 Å². The summed E-state index contributed by atoms with van der Waals surface area (Å²) in [5, 5.41) is 3.36. The van der Waals surface area contributed by atoms with Crippen molar-refractivity contribution in [2.75, 3.05) is 5.32 Å². The Morgan fingerprint density at radius 1 is 1.00 bits per heavy atom. The maximum absolute atomic E-state index is 13.4. The van der Waals surface area contributed by atoms with E-state index in [1.165, 1.54) is 22.8 Å². The van der Waals surface area contributed by atoms with Crippen LogP contribution in [0.4, 0.5) is 10.1 Å². The highest BCUT2D eigenvalue weighted by molar-refractivity contribution is 9.10. The summed E-state index contributed by atoms with van der Waals surface area (Å²) >= 11 is 3.21. The van der Waals surface area contributed by atoms with Crippen molar-refractivity contribution in [1.29, 1.82) is 0 Å². The summed E-state index contributed by atoms with van der Waals surface area (Å²) in [5.41, 5.74) is 5.61. The third-order valence-electron chi connectivity index (χ3n) is 3.03. The smallest absolute Gasteiger partial charge is 0.137 e. The van der Waals surface area contributed by atoms with Gasteiger partial charge in [-0.15, -0.1) is 0 Å². The standard InChI is InChI=1S/C16H17BrFN/c1-10-4-11(2)6-13(5-10)9-19-16-8-14(17)15(18)7-12(16)3/h4-8,19H,9H2,1-3H3. The van der Waals surface area contributed by atoms with Crippen molar-refractivity contribution < 1.29 is 4.39 Å². The molecule has 0 saturated heterocycles.